The minimum atomic E-state index is 0.663. The van der Waals surface area contributed by atoms with Crippen LogP contribution in [0.4, 0.5) is 5.82 Å². The van der Waals surface area contributed by atoms with E-state index in [4.69, 9.17) is 11.6 Å². The molecule has 1 fully saturated rings. The molecule has 0 radical (unpaired) electrons. The van der Waals surface area contributed by atoms with Crippen LogP contribution >= 0.6 is 27.5 Å². The largest absolute Gasteiger partial charge is 0.368 e. The van der Waals surface area contributed by atoms with Crippen molar-refractivity contribution >= 4 is 33.3 Å². The zero-order valence-corrected chi connectivity index (χ0v) is 11.4. The van der Waals surface area contributed by atoms with Gasteiger partial charge in [-0.3, -0.25) is 0 Å². The minimum absolute atomic E-state index is 0.663. The molecule has 0 bridgehead atoms. The van der Waals surface area contributed by atoms with E-state index < -0.39 is 0 Å². The predicted molar refractivity (Wildman–Crippen MR) is 71.1 cm³/mol. The van der Waals surface area contributed by atoms with Gasteiger partial charge in [0.1, 0.15) is 5.82 Å². The van der Waals surface area contributed by atoms with Gasteiger partial charge in [-0.2, -0.15) is 0 Å². The second-order valence-electron chi connectivity index (χ2n) is 3.96. The summed E-state index contributed by atoms with van der Waals surface area (Å²) in [6.07, 6.45) is 4.42. The number of nitrogens with one attached hydrogen (secondary N) is 1. The monoisotopic (exact) mass is 303 g/mol. The third kappa shape index (κ3) is 3.34. The van der Waals surface area contributed by atoms with Crippen molar-refractivity contribution in [3.05, 3.63) is 21.8 Å². The van der Waals surface area contributed by atoms with Crippen LogP contribution in [-0.4, -0.2) is 36.1 Å². The number of nitrogens with zero attached hydrogens (tertiary/aromatic N) is 2. The van der Waals surface area contributed by atoms with E-state index in [0.717, 1.165) is 23.4 Å². The molecule has 1 N–H and O–H groups in total. The van der Waals surface area contributed by atoms with Crippen molar-refractivity contribution in [2.45, 2.75) is 12.8 Å². The van der Waals surface area contributed by atoms with E-state index in [2.05, 4.69) is 31.1 Å². The molecule has 1 aromatic heterocycles. The molecule has 2 rings (SSSR count). The lowest BCUT2D eigenvalue weighted by Gasteiger charge is -2.15. The van der Waals surface area contributed by atoms with Crippen molar-refractivity contribution in [2.75, 3.05) is 31.5 Å². The molecule has 0 saturated carbocycles. The Morgan fingerprint density at radius 2 is 2.19 bits per heavy atom. The molecule has 0 amide bonds. The Bertz CT molecular complexity index is 353. The lowest BCUT2D eigenvalue weighted by Crippen LogP contribution is -2.26. The Morgan fingerprint density at radius 3 is 2.88 bits per heavy atom. The van der Waals surface area contributed by atoms with E-state index in [1.54, 1.807) is 6.20 Å². The average molecular weight is 305 g/mol. The Hall–Kier alpha value is -0.320. The summed E-state index contributed by atoms with van der Waals surface area (Å²) in [7, 11) is 0. The van der Waals surface area contributed by atoms with Gasteiger partial charge in [0.15, 0.2) is 0 Å². The molecule has 1 aliphatic heterocycles. The van der Waals surface area contributed by atoms with E-state index in [-0.39, 0.29) is 0 Å². The molecule has 0 spiro atoms. The van der Waals surface area contributed by atoms with Gasteiger partial charge >= 0.3 is 0 Å². The van der Waals surface area contributed by atoms with Crippen LogP contribution in [0.5, 0.6) is 0 Å². The highest BCUT2D eigenvalue weighted by Crippen LogP contribution is 2.22. The van der Waals surface area contributed by atoms with Crippen molar-refractivity contribution < 1.29 is 0 Å². The van der Waals surface area contributed by atoms with Crippen molar-refractivity contribution in [1.82, 2.24) is 9.88 Å². The summed E-state index contributed by atoms with van der Waals surface area (Å²) < 4.78 is 0.905. The van der Waals surface area contributed by atoms with Gasteiger partial charge in [-0.05, 0) is 47.9 Å². The molecule has 88 valence electrons. The number of likely N-dealkylation sites (tertiary alicyclic amines) is 1. The fourth-order valence-corrected chi connectivity index (χ4v) is 2.58. The molecule has 2 heterocycles. The smallest absolute Gasteiger partial charge is 0.144 e. The van der Waals surface area contributed by atoms with Crippen molar-refractivity contribution in [3.63, 3.8) is 0 Å². The van der Waals surface area contributed by atoms with Crippen LogP contribution < -0.4 is 5.32 Å². The summed E-state index contributed by atoms with van der Waals surface area (Å²) in [5.74, 6) is 0.768. The number of halogens is 2. The molecule has 16 heavy (non-hydrogen) atoms. The SMILES string of the molecule is Clc1cc(Br)cnc1NCCN1CCCC1. The Balaban J connectivity index is 1.80. The molecule has 1 aliphatic rings. The molecule has 1 saturated heterocycles. The van der Waals surface area contributed by atoms with Crippen LogP contribution in [0.3, 0.4) is 0 Å². The Labute approximate surface area is 109 Å². The van der Waals surface area contributed by atoms with Crippen LogP contribution in [0.2, 0.25) is 5.02 Å². The lowest BCUT2D eigenvalue weighted by molar-refractivity contribution is 0.352. The normalized spacial score (nSPS) is 16.6. The third-order valence-corrected chi connectivity index (χ3v) is 3.45. The topological polar surface area (TPSA) is 28.2 Å². The van der Waals surface area contributed by atoms with Gasteiger partial charge in [-0.1, -0.05) is 11.6 Å². The van der Waals surface area contributed by atoms with E-state index >= 15 is 0 Å². The number of pyridine rings is 1. The van der Waals surface area contributed by atoms with Gasteiger partial charge in [0.25, 0.3) is 0 Å². The molecule has 5 heteroatoms. The fourth-order valence-electron chi connectivity index (χ4n) is 1.88. The van der Waals surface area contributed by atoms with E-state index in [1.165, 1.54) is 25.9 Å². The maximum absolute atomic E-state index is 6.06. The fraction of sp³-hybridized carbons (Fsp3) is 0.545. The number of rotatable bonds is 4. The Morgan fingerprint density at radius 1 is 1.44 bits per heavy atom. The van der Waals surface area contributed by atoms with Crippen molar-refractivity contribution in [1.29, 1.82) is 0 Å². The summed E-state index contributed by atoms with van der Waals surface area (Å²) in [5, 5.41) is 3.92. The first-order chi connectivity index (χ1) is 7.75. The van der Waals surface area contributed by atoms with E-state index in [9.17, 15) is 0 Å². The number of hydrogen-bond acceptors (Lipinski definition) is 3. The molecule has 0 aromatic carbocycles. The molecule has 0 unspecified atom stereocenters. The first kappa shape index (κ1) is 12.1. The summed E-state index contributed by atoms with van der Waals surface area (Å²) in [6, 6.07) is 1.85. The van der Waals surface area contributed by atoms with Crippen LogP contribution in [0.25, 0.3) is 0 Å². The summed E-state index contributed by atoms with van der Waals surface area (Å²) in [6.45, 7) is 4.41. The first-order valence-corrected chi connectivity index (χ1v) is 6.70. The quantitative estimate of drug-likeness (QED) is 0.927. The first-order valence-electron chi connectivity index (χ1n) is 5.53. The molecule has 0 aliphatic carbocycles. The van der Waals surface area contributed by atoms with Crippen LogP contribution in [0.1, 0.15) is 12.8 Å². The van der Waals surface area contributed by atoms with Gasteiger partial charge < -0.3 is 10.2 Å². The van der Waals surface area contributed by atoms with Crippen LogP contribution in [-0.2, 0) is 0 Å². The average Bonchev–Trinajstić information content (AvgIpc) is 2.74. The number of anilines is 1. The zero-order valence-electron chi connectivity index (χ0n) is 9.05. The molecule has 0 atom stereocenters. The Kier molecular flexibility index (Phi) is 4.44. The maximum Gasteiger partial charge on any atom is 0.144 e. The predicted octanol–water partition coefficient (Wildman–Crippen LogP) is 3.01. The summed E-state index contributed by atoms with van der Waals surface area (Å²) in [4.78, 5) is 6.69. The highest BCUT2D eigenvalue weighted by molar-refractivity contribution is 9.10. The minimum Gasteiger partial charge on any atom is -0.368 e. The second-order valence-corrected chi connectivity index (χ2v) is 5.28. The number of aromatic nitrogens is 1. The molecular formula is C11H15BrClN3. The van der Waals surface area contributed by atoms with Crippen molar-refractivity contribution in [2.24, 2.45) is 0 Å². The van der Waals surface area contributed by atoms with Crippen LogP contribution in [0.15, 0.2) is 16.7 Å². The van der Waals surface area contributed by atoms with E-state index in [1.807, 2.05) is 6.07 Å². The summed E-state index contributed by atoms with van der Waals surface area (Å²) in [5.41, 5.74) is 0. The highest BCUT2D eigenvalue weighted by Gasteiger charge is 2.10. The molecular weight excluding hydrogens is 289 g/mol. The standard InChI is InChI=1S/C11H15BrClN3/c12-9-7-10(13)11(15-8-9)14-3-6-16-4-1-2-5-16/h7-8H,1-6H2,(H,14,15). The van der Waals surface area contributed by atoms with Gasteiger partial charge in [0.2, 0.25) is 0 Å². The maximum atomic E-state index is 6.06. The zero-order chi connectivity index (χ0) is 11.4. The number of hydrogen-bond donors (Lipinski definition) is 1. The van der Waals surface area contributed by atoms with Gasteiger partial charge in [0.05, 0.1) is 5.02 Å². The molecule has 3 nitrogen and oxygen atoms in total. The second kappa shape index (κ2) is 5.84. The van der Waals surface area contributed by atoms with Gasteiger partial charge in [-0.25, -0.2) is 4.98 Å². The molecule has 1 aromatic rings. The van der Waals surface area contributed by atoms with E-state index in [0.29, 0.717) is 5.02 Å². The highest BCUT2D eigenvalue weighted by atomic mass is 79.9. The lowest BCUT2D eigenvalue weighted by atomic mass is 10.4. The van der Waals surface area contributed by atoms with Gasteiger partial charge in [-0.15, -0.1) is 0 Å². The van der Waals surface area contributed by atoms with Crippen molar-refractivity contribution in [3.8, 4) is 0 Å². The van der Waals surface area contributed by atoms with Gasteiger partial charge in [0, 0.05) is 23.8 Å². The third-order valence-electron chi connectivity index (χ3n) is 2.73. The van der Waals surface area contributed by atoms with Crippen LogP contribution in [0, 0.1) is 0 Å². The summed E-state index contributed by atoms with van der Waals surface area (Å²) >= 11 is 9.39.